The molecule has 0 saturated carbocycles. The van der Waals surface area contributed by atoms with E-state index in [1.165, 1.54) is 21.9 Å². The van der Waals surface area contributed by atoms with E-state index in [1.54, 1.807) is 44.4 Å². The minimum absolute atomic E-state index is 0.00668. The highest BCUT2D eigenvalue weighted by atomic mass is 19.1. The van der Waals surface area contributed by atoms with Crippen molar-refractivity contribution >= 4 is 17.5 Å². The zero-order chi connectivity index (χ0) is 21.3. The first kappa shape index (κ1) is 19.6. The first-order valence-electron chi connectivity index (χ1n) is 9.59. The SMILES string of the molecule is CN(C)C(=O)[C@H]1CN(C(=O)c2ccc(-c3ccccc3)cc2F)c2ccccc2O1. The molecule has 1 heterocycles. The number of hydrogen-bond donors (Lipinski definition) is 0. The van der Waals surface area contributed by atoms with E-state index in [0.717, 1.165) is 5.56 Å². The molecular weight excluding hydrogens is 383 g/mol. The molecule has 0 N–H and O–H groups in total. The summed E-state index contributed by atoms with van der Waals surface area (Å²) in [7, 11) is 3.25. The van der Waals surface area contributed by atoms with E-state index in [9.17, 15) is 14.0 Å². The van der Waals surface area contributed by atoms with Gasteiger partial charge in [0, 0.05) is 14.1 Å². The lowest BCUT2D eigenvalue weighted by molar-refractivity contribution is -0.135. The van der Waals surface area contributed by atoms with Crippen LogP contribution < -0.4 is 9.64 Å². The highest BCUT2D eigenvalue weighted by Gasteiger charge is 2.35. The lowest BCUT2D eigenvalue weighted by atomic mass is 10.0. The number of hydrogen-bond acceptors (Lipinski definition) is 3. The number of halogens is 1. The molecule has 3 aromatic carbocycles. The van der Waals surface area contributed by atoms with Gasteiger partial charge in [0.25, 0.3) is 11.8 Å². The van der Waals surface area contributed by atoms with Crippen LogP contribution in [0.1, 0.15) is 10.4 Å². The zero-order valence-corrected chi connectivity index (χ0v) is 16.7. The van der Waals surface area contributed by atoms with Gasteiger partial charge in [0.15, 0.2) is 6.10 Å². The summed E-state index contributed by atoms with van der Waals surface area (Å²) in [5.41, 5.74) is 2.01. The molecule has 4 rings (SSSR count). The lowest BCUT2D eigenvalue weighted by Crippen LogP contribution is -2.50. The average molecular weight is 404 g/mol. The molecular formula is C24H21FN2O3. The number of benzene rings is 3. The van der Waals surface area contributed by atoms with Crippen molar-refractivity contribution in [3.05, 3.63) is 84.2 Å². The molecule has 0 aromatic heterocycles. The van der Waals surface area contributed by atoms with Crippen molar-refractivity contribution < 1.29 is 18.7 Å². The normalized spacial score (nSPS) is 15.2. The smallest absolute Gasteiger partial charge is 0.265 e. The minimum Gasteiger partial charge on any atom is -0.476 e. The van der Waals surface area contributed by atoms with Crippen molar-refractivity contribution in [3.8, 4) is 16.9 Å². The van der Waals surface area contributed by atoms with Crippen LogP contribution in [-0.4, -0.2) is 43.5 Å². The summed E-state index contributed by atoms with van der Waals surface area (Å²) < 4.78 is 20.7. The van der Waals surface area contributed by atoms with Crippen molar-refractivity contribution in [1.29, 1.82) is 0 Å². The Kier molecular flexibility index (Phi) is 5.23. The first-order chi connectivity index (χ1) is 14.5. The van der Waals surface area contributed by atoms with Gasteiger partial charge in [-0.1, -0.05) is 48.5 Å². The van der Waals surface area contributed by atoms with Crippen LogP contribution in [0.5, 0.6) is 5.75 Å². The van der Waals surface area contributed by atoms with E-state index < -0.39 is 17.8 Å². The summed E-state index contributed by atoms with van der Waals surface area (Å²) in [6, 6.07) is 20.9. The van der Waals surface area contributed by atoms with Crippen LogP contribution in [0.15, 0.2) is 72.8 Å². The Morgan fingerprint density at radius 1 is 0.967 bits per heavy atom. The maximum absolute atomic E-state index is 14.9. The highest BCUT2D eigenvalue weighted by molar-refractivity contribution is 6.08. The Bertz CT molecular complexity index is 1100. The van der Waals surface area contributed by atoms with Crippen molar-refractivity contribution in [3.63, 3.8) is 0 Å². The number of para-hydroxylation sites is 2. The number of rotatable bonds is 3. The molecule has 0 spiro atoms. The Labute approximate surface area is 174 Å². The summed E-state index contributed by atoms with van der Waals surface area (Å²) in [6.45, 7) is 0.00668. The second-order valence-electron chi connectivity index (χ2n) is 7.28. The second-order valence-corrected chi connectivity index (χ2v) is 7.28. The number of anilines is 1. The van der Waals surface area contributed by atoms with Gasteiger partial charge >= 0.3 is 0 Å². The molecule has 0 bridgehead atoms. The lowest BCUT2D eigenvalue weighted by Gasteiger charge is -2.35. The molecule has 30 heavy (non-hydrogen) atoms. The van der Waals surface area contributed by atoms with Crippen molar-refractivity contribution in [2.24, 2.45) is 0 Å². The van der Waals surface area contributed by atoms with Crippen LogP contribution in [0.2, 0.25) is 0 Å². The number of carbonyl (C=O) groups is 2. The van der Waals surface area contributed by atoms with Crippen LogP contribution in [-0.2, 0) is 4.79 Å². The largest absolute Gasteiger partial charge is 0.476 e. The van der Waals surface area contributed by atoms with Crippen LogP contribution >= 0.6 is 0 Å². The third-order valence-electron chi connectivity index (χ3n) is 5.04. The molecule has 1 aliphatic rings. The Morgan fingerprint density at radius 3 is 2.37 bits per heavy atom. The maximum Gasteiger partial charge on any atom is 0.265 e. The van der Waals surface area contributed by atoms with E-state index >= 15 is 0 Å². The second kappa shape index (κ2) is 7.99. The predicted octanol–water partition coefficient (Wildman–Crippen LogP) is 3.99. The number of nitrogens with zero attached hydrogens (tertiary/aromatic N) is 2. The van der Waals surface area contributed by atoms with Gasteiger partial charge in [-0.05, 0) is 35.4 Å². The third-order valence-corrected chi connectivity index (χ3v) is 5.04. The van der Waals surface area contributed by atoms with Gasteiger partial charge < -0.3 is 14.5 Å². The summed E-state index contributed by atoms with van der Waals surface area (Å²) in [5.74, 6) is -0.971. The molecule has 5 nitrogen and oxygen atoms in total. The summed E-state index contributed by atoms with van der Waals surface area (Å²) >= 11 is 0. The van der Waals surface area contributed by atoms with Gasteiger partial charge in [0.1, 0.15) is 11.6 Å². The number of likely N-dealkylation sites (N-methyl/N-ethyl adjacent to an activating group) is 1. The minimum atomic E-state index is -0.856. The average Bonchev–Trinajstić information content (AvgIpc) is 2.77. The van der Waals surface area contributed by atoms with Crippen LogP contribution in [0.25, 0.3) is 11.1 Å². The Morgan fingerprint density at radius 2 is 1.67 bits per heavy atom. The molecule has 1 aliphatic heterocycles. The molecule has 152 valence electrons. The van der Waals surface area contributed by atoms with E-state index in [4.69, 9.17) is 4.74 Å². The monoisotopic (exact) mass is 404 g/mol. The van der Waals surface area contributed by atoms with Crippen molar-refractivity contribution in [1.82, 2.24) is 4.90 Å². The molecule has 0 saturated heterocycles. The van der Waals surface area contributed by atoms with E-state index in [0.29, 0.717) is 17.0 Å². The van der Waals surface area contributed by atoms with E-state index in [2.05, 4.69) is 0 Å². The molecule has 0 fully saturated rings. The molecule has 1 atom stereocenters. The van der Waals surface area contributed by atoms with Gasteiger partial charge in [-0.2, -0.15) is 0 Å². The Balaban J connectivity index is 1.69. The van der Waals surface area contributed by atoms with E-state index in [-0.39, 0.29) is 18.0 Å². The van der Waals surface area contributed by atoms with Crippen molar-refractivity contribution in [2.75, 3.05) is 25.5 Å². The van der Waals surface area contributed by atoms with Gasteiger partial charge in [-0.3, -0.25) is 9.59 Å². The fourth-order valence-corrected chi connectivity index (χ4v) is 3.49. The topological polar surface area (TPSA) is 49.9 Å². The molecule has 0 radical (unpaired) electrons. The van der Waals surface area contributed by atoms with Gasteiger partial charge in [-0.15, -0.1) is 0 Å². The van der Waals surface area contributed by atoms with Crippen LogP contribution in [0.3, 0.4) is 0 Å². The summed E-state index contributed by atoms with van der Waals surface area (Å²) in [4.78, 5) is 28.6. The summed E-state index contributed by atoms with van der Waals surface area (Å²) in [5, 5.41) is 0. The number of ether oxygens (including phenoxy) is 1. The zero-order valence-electron chi connectivity index (χ0n) is 16.7. The quantitative estimate of drug-likeness (QED) is 0.663. The van der Waals surface area contributed by atoms with Gasteiger partial charge in [-0.25, -0.2) is 4.39 Å². The first-order valence-corrected chi connectivity index (χ1v) is 9.59. The standard InChI is InChI=1S/C24H21FN2O3/c1-26(2)24(29)22-15-27(20-10-6-7-11-21(20)30-22)23(28)18-13-12-17(14-19(18)25)16-8-4-3-5-9-16/h3-14,22H,15H2,1-2H3/t22-/m1/s1. The van der Waals surface area contributed by atoms with E-state index in [1.807, 2.05) is 30.3 Å². The number of fused-ring (bicyclic) bond motifs is 1. The molecule has 0 unspecified atom stereocenters. The molecule has 6 heteroatoms. The Hall–Kier alpha value is -3.67. The maximum atomic E-state index is 14.9. The number of carbonyl (C=O) groups excluding carboxylic acids is 2. The predicted molar refractivity (Wildman–Crippen MR) is 113 cm³/mol. The van der Waals surface area contributed by atoms with Crippen LogP contribution in [0.4, 0.5) is 10.1 Å². The molecule has 2 amide bonds. The number of amides is 2. The van der Waals surface area contributed by atoms with Gasteiger partial charge in [0.05, 0.1) is 17.8 Å². The third kappa shape index (κ3) is 3.64. The highest BCUT2D eigenvalue weighted by Crippen LogP contribution is 2.35. The van der Waals surface area contributed by atoms with Crippen molar-refractivity contribution in [2.45, 2.75) is 6.10 Å². The fourth-order valence-electron chi connectivity index (χ4n) is 3.49. The molecule has 3 aromatic rings. The van der Waals surface area contributed by atoms with Crippen LogP contribution in [0, 0.1) is 5.82 Å². The fraction of sp³-hybridized carbons (Fsp3) is 0.167. The molecule has 0 aliphatic carbocycles. The van der Waals surface area contributed by atoms with Gasteiger partial charge in [0.2, 0.25) is 0 Å². The summed E-state index contributed by atoms with van der Waals surface area (Å²) in [6.07, 6.45) is -0.856.